The summed E-state index contributed by atoms with van der Waals surface area (Å²) in [5, 5.41) is 3.77. The van der Waals surface area contributed by atoms with Crippen LogP contribution in [-0.2, 0) is 6.54 Å². The Morgan fingerprint density at radius 3 is 2.88 bits per heavy atom. The molecule has 2 aromatic heterocycles. The van der Waals surface area contributed by atoms with Crippen molar-refractivity contribution in [3.63, 3.8) is 0 Å². The highest BCUT2D eigenvalue weighted by Gasteiger charge is 2.10. The van der Waals surface area contributed by atoms with Crippen LogP contribution >= 0.6 is 0 Å². The number of nitrogens with one attached hydrogen (secondary N) is 1. The number of nitrogens with zero attached hydrogens (tertiary/aromatic N) is 2. The minimum Gasteiger partial charge on any atom is -0.497 e. The summed E-state index contributed by atoms with van der Waals surface area (Å²) in [6, 6.07) is 12.8. The predicted molar refractivity (Wildman–Crippen MR) is 94.9 cm³/mol. The molecule has 0 saturated carbocycles. The van der Waals surface area contributed by atoms with Gasteiger partial charge in [-0.2, -0.15) is 0 Å². The first-order chi connectivity index (χ1) is 12.2. The van der Waals surface area contributed by atoms with E-state index < -0.39 is 0 Å². The molecule has 0 aliphatic heterocycles. The Hall–Kier alpha value is -3.15. The van der Waals surface area contributed by atoms with Crippen LogP contribution in [0.5, 0.6) is 11.6 Å². The van der Waals surface area contributed by atoms with Crippen LogP contribution in [0.3, 0.4) is 0 Å². The molecule has 0 aliphatic carbocycles. The molecule has 3 aromatic rings. The number of benzene rings is 1. The molecule has 1 amide bonds. The van der Waals surface area contributed by atoms with Crippen LogP contribution in [0.15, 0.2) is 48.7 Å². The van der Waals surface area contributed by atoms with E-state index in [4.69, 9.17) is 9.47 Å². The van der Waals surface area contributed by atoms with Gasteiger partial charge >= 0.3 is 0 Å². The van der Waals surface area contributed by atoms with Crippen molar-refractivity contribution >= 4 is 16.8 Å². The van der Waals surface area contributed by atoms with Crippen LogP contribution < -0.4 is 14.8 Å². The average molecular weight is 337 g/mol. The monoisotopic (exact) mass is 337 g/mol. The molecule has 1 N–H and O–H groups in total. The fourth-order valence-corrected chi connectivity index (χ4v) is 2.45. The minimum atomic E-state index is -0.246. The van der Waals surface area contributed by atoms with Gasteiger partial charge in [-0.25, -0.2) is 9.97 Å². The Balaban J connectivity index is 1.74. The van der Waals surface area contributed by atoms with Gasteiger partial charge in [0, 0.05) is 23.7 Å². The number of methoxy groups -OCH3 is 1. The zero-order valence-electron chi connectivity index (χ0n) is 14.2. The van der Waals surface area contributed by atoms with Gasteiger partial charge in [-0.1, -0.05) is 12.1 Å². The molecule has 0 unspecified atom stereocenters. The number of hydrogen-bond donors (Lipinski definition) is 1. The predicted octanol–water partition coefficient (Wildman–Crippen LogP) is 2.97. The maximum Gasteiger partial charge on any atom is 0.270 e. The summed E-state index contributed by atoms with van der Waals surface area (Å²) in [4.78, 5) is 21.0. The quantitative estimate of drug-likeness (QED) is 0.748. The van der Waals surface area contributed by atoms with E-state index in [9.17, 15) is 4.79 Å². The number of rotatable bonds is 6. The van der Waals surface area contributed by atoms with E-state index >= 15 is 0 Å². The van der Waals surface area contributed by atoms with Gasteiger partial charge in [0.15, 0.2) is 0 Å². The molecule has 0 aliphatic rings. The third-order valence-electron chi connectivity index (χ3n) is 3.70. The summed E-state index contributed by atoms with van der Waals surface area (Å²) in [7, 11) is 1.62. The molecular weight excluding hydrogens is 318 g/mol. The van der Waals surface area contributed by atoms with E-state index in [2.05, 4.69) is 15.3 Å². The summed E-state index contributed by atoms with van der Waals surface area (Å²) in [6.45, 7) is 2.74. The fraction of sp³-hybridized carbons (Fsp3) is 0.211. The maximum atomic E-state index is 12.4. The number of ether oxygens (including phenoxy) is 2. The van der Waals surface area contributed by atoms with E-state index in [0.29, 0.717) is 24.7 Å². The van der Waals surface area contributed by atoms with Crippen LogP contribution in [0.4, 0.5) is 0 Å². The first-order valence-corrected chi connectivity index (χ1v) is 8.01. The van der Waals surface area contributed by atoms with Gasteiger partial charge in [-0.3, -0.25) is 4.79 Å². The fourth-order valence-electron chi connectivity index (χ4n) is 2.45. The highest BCUT2D eigenvalue weighted by molar-refractivity contribution is 5.95. The van der Waals surface area contributed by atoms with E-state index in [0.717, 1.165) is 22.2 Å². The van der Waals surface area contributed by atoms with Crippen molar-refractivity contribution in [1.29, 1.82) is 0 Å². The van der Waals surface area contributed by atoms with Gasteiger partial charge in [0.05, 0.1) is 19.2 Å². The van der Waals surface area contributed by atoms with Crippen LogP contribution in [-0.4, -0.2) is 29.6 Å². The molecule has 25 heavy (non-hydrogen) atoms. The zero-order chi connectivity index (χ0) is 17.6. The van der Waals surface area contributed by atoms with Crippen molar-refractivity contribution in [3.8, 4) is 11.6 Å². The lowest BCUT2D eigenvalue weighted by Gasteiger charge is -2.10. The van der Waals surface area contributed by atoms with E-state index in [1.54, 1.807) is 19.4 Å². The molecule has 0 atom stereocenters. The van der Waals surface area contributed by atoms with Crippen molar-refractivity contribution in [1.82, 2.24) is 15.3 Å². The van der Waals surface area contributed by atoms with E-state index in [1.807, 2.05) is 43.3 Å². The molecule has 1 aromatic carbocycles. The topological polar surface area (TPSA) is 73.3 Å². The van der Waals surface area contributed by atoms with Gasteiger partial charge in [0.2, 0.25) is 5.88 Å². The average Bonchev–Trinajstić information content (AvgIpc) is 2.66. The van der Waals surface area contributed by atoms with Crippen LogP contribution in [0, 0.1) is 0 Å². The Kier molecular flexibility index (Phi) is 5.09. The lowest BCUT2D eigenvalue weighted by atomic mass is 10.2. The number of aromatic nitrogens is 2. The molecule has 0 radical (unpaired) electrons. The van der Waals surface area contributed by atoms with E-state index in [1.165, 1.54) is 0 Å². The smallest absolute Gasteiger partial charge is 0.270 e. The van der Waals surface area contributed by atoms with Crippen molar-refractivity contribution in [2.75, 3.05) is 13.7 Å². The summed E-state index contributed by atoms with van der Waals surface area (Å²) in [5.41, 5.74) is 1.92. The van der Waals surface area contributed by atoms with Crippen LogP contribution in [0.1, 0.15) is 23.0 Å². The molecule has 6 heteroatoms. The third-order valence-corrected chi connectivity index (χ3v) is 3.70. The molecule has 128 valence electrons. The first-order valence-electron chi connectivity index (χ1n) is 8.01. The molecule has 0 fully saturated rings. The first kappa shape index (κ1) is 16.7. The third kappa shape index (κ3) is 3.85. The Morgan fingerprint density at radius 2 is 2.08 bits per heavy atom. The van der Waals surface area contributed by atoms with Crippen LogP contribution in [0.2, 0.25) is 0 Å². The Labute approximate surface area is 145 Å². The van der Waals surface area contributed by atoms with Gasteiger partial charge in [-0.15, -0.1) is 0 Å². The number of carbonyl (C=O) groups excluding carboxylic acids is 1. The number of pyridine rings is 2. The molecule has 2 heterocycles. The van der Waals surface area contributed by atoms with Gasteiger partial charge in [0.25, 0.3) is 5.91 Å². The van der Waals surface area contributed by atoms with E-state index in [-0.39, 0.29) is 5.91 Å². The van der Waals surface area contributed by atoms with Gasteiger partial charge in [-0.05, 0) is 37.3 Å². The lowest BCUT2D eigenvalue weighted by Crippen LogP contribution is -2.24. The Morgan fingerprint density at radius 1 is 1.20 bits per heavy atom. The highest BCUT2D eigenvalue weighted by Crippen LogP contribution is 2.20. The van der Waals surface area contributed by atoms with Crippen molar-refractivity contribution in [2.24, 2.45) is 0 Å². The number of amides is 1. The van der Waals surface area contributed by atoms with Crippen molar-refractivity contribution in [2.45, 2.75) is 13.5 Å². The van der Waals surface area contributed by atoms with Gasteiger partial charge in [0.1, 0.15) is 11.4 Å². The van der Waals surface area contributed by atoms with Crippen molar-refractivity contribution in [3.05, 3.63) is 59.9 Å². The summed E-state index contributed by atoms with van der Waals surface area (Å²) in [6.07, 6.45) is 1.66. The molecule has 3 rings (SSSR count). The zero-order valence-corrected chi connectivity index (χ0v) is 14.2. The molecule has 0 saturated heterocycles. The summed E-state index contributed by atoms with van der Waals surface area (Å²) >= 11 is 0. The second-order valence-corrected chi connectivity index (χ2v) is 5.34. The largest absolute Gasteiger partial charge is 0.497 e. The normalized spacial score (nSPS) is 10.5. The lowest BCUT2D eigenvalue weighted by molar-refractivity contribution is 0.0946. The molecule has 6 nitrogen and oxygen atoms in total. The summed E-state index contributed by atoms with van der Waals surface area (Å²) < 4.78 is 10.7. The second kappa shape index (κ2) is 7.61. The number of fused-ring (bicyclic) bond motifs is 1. The molecular formula is C19H19N3O3. The van der Waals surface area contributed by atoms with Crippen molar-refractivity contribution < 1.29 is 14.3 Å². The summed E-state index contributed by atoms with van der Waals surface area (Å²) in [5.74, 6) is 1.04. The SMILES string of the molecule is CCOc1ncccc1CNC(=O)c1ccc2cc(OC)ccc2n1. The maximum absolute atomic E-state index is 12.4. The standard InChI is InChI=1S/C19H19N3O3/c1-3-25-19-14(5-4-10-20-19)12-21-18(23)17-8-6-13-11-15(24-2)7-9-16(13)22-17/h4-11H,3,12H2,1-2H3,(H,21,23). The number of carbonyl (C=O) groups is 1. The number of hydrogen-bond acceptors (Lipinski definition) is 5. The second-order valence-electron chi connectivity index (χ2n) is 5.34. The minimum absolute atomic E-state index is 0.246. The van der Waals surface area contributed by atoms with Crippen LogP contribution in [0.25, 0.3) is 10.9 Å². The molecule has 0 spiro atoms. The highest BCUT2D eigenvalue weighted by atomic mass is 16.5. The molecule has 0 bridgehead atoms. The van der Waals surface area contributed by atoms with Gasteiger partial charge < -0.3 is 14.8 Å². The Bertz CT molecular complexity index is 896.